The van der Waals surface area contributed by atoms with Crippen LogP contribution in [-0.4, -0.2) is 18.3 Å². The van der Waals surface area contributed by atoms with Gasteiger partial charge in [0.2, 0.25) is 0 Å². The first kappa shape index (κ1) is 12.7. The van der Waals surface area contributed by atoms with E-state index in [0.29, 0.717) is 0 Å². The Kier molecular flexibility index (Phi) is 4.66. The van der Waals surface area contributed by atoms with Crippen LogP contribution in [0.5, 0.6) is 0 Å². The lowest BCUT2D eigenvalue weighted by Crippen LogP contribution is -2.04. The summed E-state index contributed by atoms with van der Waals surface area (Å²) in [6, 6.07) is 9.05. The van der Waals surface area contributed by atoms with E-state index in [1.54, 1.807) is 11.8 Å². The van der Waals surface area contributed by atoms with E-state index in [2.05, 4.69) is 35.5 Å². The van der Waals surface area contributed by atoms with E-state index < -0.39 is 0 Å². The van der Waals surface area contributed by atoms with E-state index in [0.717, 1.165) is 11.0 Å². The molecule has 1 aromatic carbocycles. The summed E-state index contributed by atoms with van der Waals surface area (Å²) < 4.78 is 0. The largest absolute Gasteiger partial charge is 0.281 e. The molecule has 1 saturated carbocycles. The molecule has 0 radical (unpaired) electrons. The fraction of sp³-hybridized carbons (Fsp3) is 0.533. The molecular weight excluding hydrogens is 226 g/mol. The van der Waals surface area contributed by atoms with E-state index in [4.69, 9.17) is 0 Å². The van der Waals surface area contributed by atoms with Gasteiger partial charge in [0.05, 0.1) is 5.04 Å². The molecule has 2 rings (SSSR count). The first-order chi connectivity index (χ1) is 8.35. The topological polar surface area (TPSA) is 12.4 Å². The second-order valence-corrected chi connectivity index (χ2v) is 5.48. The predicted molar refractivity (Wildman–Crippen MR) is 78.2 cm³/mol. The third-order valence-corrected chi connectivity index (χ3v) is 4.44. The van der Waals surface area contributed by atoms with Crippen molar-refractivity contribution in [3.05, 3.63) is 35.4 Å². The molecule has 0 atom stereocenters. The van der Waals surface area contributed by atoms with Crippen LogP contribution in [0.3, 0.4) is 0 Å². The highest BCUT2D eigenvalue weighted by molar-refractivity contribution is 8.13. The van der Waals surface area contributed by atoms with Gasteiger partial charge in [-0.3, -0.25) is 4.99 Å². The van der Waals surface area contributed by atoms with Crippen molar-refractivity contribution in [1.29, 1.82) is 0 Å². The van der Waals surface area contributed by atoms with Crippen LogP contribution in [0, 0.1) is 0 Å². The third kappa shape index (κ3) is 3.12. The second kappa shape index (κ2) is 6.25. The van der Waals surface area contributed by atoms with Gasteiger partial charge in [0.1, 0.15) is 0 Å². The average Bonchev–Trinajstić information content (AvgIpc) is 2.42. The van der Waals surface area contributed by atoms with Crippen molar-refractivity contribution >= 4 is 16.8 Å². The van der Waals surface area contributed by atoms with E-state index in [-0.39, 0.29) is 0 Å². The molecule has 0 saturated heterocycles. The molecule has 0 heterocycles. The third-order valence-electron chi connectivity index (χ3n) is 3.63. The Balaban J connectivity index is 2.12. The van der Waals surface area contributed by atoms with Crippen LogP contribution in [0.4, 0.5) is 0 Å². The highest BCUT2D eigenvalue weighted by Gasteiger charge is 2.15. The Hall–Kier alpha value is -0.760. The van der Waals surface area contributed by atoms with Crippen LogP contribution < -0.4 is 0 Å². The summed E-state index contributed by atoms with van der Waals surface area (Å²) in [5, 5.41) is 1.13. The van der Waals surface area contributed by atoms with Gasteiger partial charge in [0.25, 0.3) is 0 Å². The van der Waals surface area contributed by atoms with Crippen LogP contribution in [0.1, 0.15) is 49.1 Å². The Labute approximate surface area is 109 Å². The molecule has 1 nitrogen and oxygen atoms in total. The van der Waals surface area contributed by atoms with Crippen LogP contribution in [0.2, 0.25) is 0 Å². The van der Waals surface area contributed by atoms with Crippen molar-refractivity contribution in [3.8, 4) is 0 Å². The molecule has 1 aromatic rings. The average molecular weight is 247 g/mol. The Bertz CT molecular complexity index is 374. The highest BCUT2D eigenvalue weighted by atomic mass is 32.2. The Morgan fingerprint density at radius 3 is 2.29 bits per heavy atom. The van der Waals surface area contributed by atoms with Crippen molar-refractivity contribution in [2.75, 3.05) is 13.3 Å². The quantitative estimate of drug-likeness (QED) is 0.554. The van der Waals surface area contributed by atoms with Crippen molar-refractivity contribution in [3.63, 3.8) is 0 Å². The standard InChI is InChI=1S/C15H21NS/c1-16-15(17-2)14-10-8-13(9-11-14)12-6-4-3-5-7-12/h8-12H,3-7H2,1-2H3. The number of aliphatic imine (C=N–C) groups is 1. The molecule has 0 spiro atoms. The molecule has 0 bridgehead atoms. The molecule has 0 amide bonds. The van der Waals surface area contributed by atoms with Gasteiger partial charge in [0, 0.05) is 12.6 Å². The molecule has 92 valence electrons. The Morgan fingerprint density at radius 2 is 1.76 bits per heavy atom. The molecule has 1 aliphatic carbocycles. The summed E-state index contributed by atoms with van der Waals surface area (Å²) in [5.74, 6) is 0.800. The molecule has 0 unspecified atom stereocenters. The van der Waals surface area contributed by atoms with Crippen LogP contribution in [0.25, 0.3) is 0 Å². The van der Waals surface area contributed by atoms with Crippen molar-refractivity contribution in [2.45, 2.75) is 38.0 Å². The van der Waals surface area contributed by atoms with Gasteiger partial charge in [-0.2, -0.15) is 0 Å². The molecule has 0 aliphatic heterocycles. The van der Waals surface area contributed by atoms with Gasteiger partial charge in [-0.05, 0) is 30.6 Å². The molecule has 0 N–H and O–H groups in total. The van der Waals surface area contributed by atoms with Crippen LogP contribution >= 0.6 is 11.8 Å². The maximum atomic E-state index is 4.30. The van der Waals surface area contributed by atoms with Gasteiger partial charge in [-0.15, -0.1) is 11.8 Å². The minimum Gasteiger partial charge on any atom is -0.281 e. The number of benzene rings is 1. The van der Waals surface area contributed by atoms with Gasteiger partial charge in [-0.1, -0.05) is 43.5 Å². The van der Waals surface area contributed by atoms with Gasteiger partial charge in [-0.25, -0.2) is 0 Å². The lowest BCUT2D eigenvalue weighted by Gasteiger charge is -2.22. The predicted octanol–water partition coefficient (Wildman–Crippen LogP) is 4.47. The maximum absolute atomic E-state index is 4.30. The summed E-state index contributed by atoms with van der Waals surface area (Å²) in [5.41, 5.74) is 2.77. The van der Waals surface area contributed by atoms with Crippen LogP contribution in [-0.2, 0) is 0 Å². The minimum absolute atomic E-state index is 0.800. The minimum atomic E-state index is 0.800. The summed E-state index contributed by atoms with van der Waals surface area (Å²) in [6.07, 6.45) is 9.05. The van der Waals surface area contributed by atoms with Crippen molar-refractivity contribution in [1.82, 2.24) is 0 Å². The zero-order valence-electron chi connectivity index (χ0n) is 10.8. The lowest BCUT2D eigenvalue weighted by molar-refractivity contribution is 0.443. The van der Waals surface area contributed by atoms with Crippen molar-refractivity contribution < 1.29 is 0 Å². The van der Waals surface area contributed by atoms with Crippen LogP contribution in [0.15, 0.2) is 29.3 Å². The van der Waals surface area contributed by atoms with E-state index in [9.17, 15) is 0 Å². The Morgan fingerprint density at radius 1 is 1.12 bits per heavy atom. The van der Waals surface area contributed by atoms with Gasteiger partial charge in [0.15, 0.2) is 0 Å². The fourth-order valence-corrected chi connectivity index (χ4v) is 3.23. The molecule has 2 heteroatoms. The van der Waals surface area contributed by atoms with Crippen molar-refractivity contribution in [2.24, 2.45) is 4.99 Å². The molecule has 1 aliphatic rings. The summed E-state index contributed by atoms with van der Waals surface area (Å²) in [6.45, 7) is 0. The molecule has 17 heavy (non-hydrogen) atoms. The highest BCUT2D eigenvalue weighted by Crippen LogP contribution is 2.32. The second-order valence-electron chi connectivity index (χ2n) is 4.69. The molecule has 0 aromatic heterocycles. The normalized spacial score (nSPS) is 18.4. The fourth-order valence-electron chi connectivity index (χ4n) is 2.67. The summed E-state index contributed by atoms with van der Waals surface area (Å²) in [7, 11) is 1.86. The zero-order valence-corrected chi connectivity index (χ0v) is 11.6. The molecular formula is C15H21NS. The summed E-state index contributed by atoms with van der Waals surface area (Å²) in [4.78, 5) is 4.30. The number of hydrogen-bond donors (Lipinski definition) is 0. The van der Waals surface area contributed by atoms with Gasteiger partial charge >= 0.3 is 0 Å². The van der Waals surface area contributed by atoms with E-state index in [1.807, 2.05) is 7.05 Å². The number of hydrogen-bond acceptors (Lipinski definition) is 2. The molecule has 1 fully saturated rings. The number of rotatable bonds is 2. The first-order valence-corrected chi connectivity index (χ1v) is 7.68. The maximum Gasteiger partial charge on any atom is 0.0970 e. The summed E-state index contributed by atoms with van der Waals surface area (Å²) >= 11 is 1.71. The van der Waals surface area contributed by atoms with Gasteiger partial charge < -0.3 is 0 Å². The first-order valence-electron chi connectivity index (χ1n) is 6.46. The van der Waals surface area contributed by atoms with E-state index in [1.165, 1.54) is 43.2 Å². The zero-order chi connectivity index (χ0) is 12.1. The smallest absolute Gasteiger partial charge is 0.0970 e. The SMILES string of the molecule is CN=C(SC)c1ccc(C2CCCCC2)cc1. The van der Waals surface area contributed by atoms with E-state index >= 15 is 0 Å². The number of nitrogens with zero attached hydrogens (tertiary/aromatic N) is 1. The lowest BCUT2D eigenvalue weighted by atomic mass is 9.84. The monoisotopic (exact) mass is 247 g/mol. The number of thioether (sulfide) groups is 1.